The maximum absolute atomic E-state index is 6.04. The molecule has 0 aliphatic carbocycles. The fourth-order valence-corrected chi connectivity index (χ4v) is 3.26. The number of hydrogen-bond donors (Lipinski definition) is 1. The van der Waals surface area contributed by atoms with Crippen molar-refractivity contribution in [1.82, 2.24) is 9.99 Å². The van der Waals surface area contributed by atoms with Crippen LogP contribution in [0.2, 0.25) is 0 Å². The number of rotatable bonds is 6. The van der Waals surface area contributed by atoms with E-state index in [0.29, 0.717) is 6.61 Å². The second-order valence-corrected chi connectivity index (χ2v) is 6.54. The first-order valence-corrected chi connectivity index (χ1v) is 9.11. The Labute approximate surface area is 159 Å². The molecule has 0 atom stereocenters. The van der Waals surface area contributed by atoms with Gasteiger partial charge in [0.2, 0.25) is 0 Å². The van der Waals surface area contributed by atoms with Crippen molar-refractivity contribution in [2.45, 2.75) is 19.6 Å². The molecule has 1 N–H and O–H groups in total. The third-order valence-electron chi connectivity index (χ3n) is 4.67. The molecule has 0 amide bonds. The Balaban J connectivity index is 1.48. The zero-order valence-corrected chi connectivity index (χ0v) is 15.4. The third kappa shape index (κ3) is 4.20. The first-order valence-electron chi connectivity index (χ1n) is 9.11. The molecule has 3 aromatic rings. The molecular weight excluding hydrogens is 338 g/mol. The highest BCUT2D eigenvalue weighted by Gasteiger charge is 2.20. The minimum Gasteiger partial charge on any atom is -0.493 e. The molecule has 138 valence electrons. The van der Waals surface area contributed by atoms with Gasteiger partial charge in [-0.1, -0.05) is 36.4 Å². The van der Waals surface area contributed by atoms with Crippen LogP contribution in [0.25, 0.3) is 0 Å². The summed E-state index contributed by atoms with van der Waals surface area (Å²) in [6, 6.07) is 20.2. The summed E-state index contributed by atoms with van der Waals surface area (Å²) < 4.78 is 11.6. The van der Waals surface area contributed by atoms with Crippen molar-refractivity contribution in [1.29, 1.82) is 0 Å². The van der Waals surface area contributed by atoms with Crippen molar-refractivity contribution in [3.05, 3.63) is 83.6 Å². The van der Waals surface area contributed by atoms with Crippen LogP contribution in [-0.2, 0) is 19.6 Å². The highest BCUT2D eigenvalue weighted by molar-refractivity contribution is 5.48. The molecule has 2 aromatic carbocycles. The van der Waals surface area contributed by atoms with Gasteiger partial charge in [-0.15, -0.1) is 0 Å². The predicted octanol–water partition coefficient (Wildman–Crippen LogP) is 4.05. The molecule has 1 aliphatic heterocycles. The average molecular weight is 361 g/mol. The Morgan fingerprint density at radius 3 is 2.59 bits per heavy atom. The summed E-state index contributed by atoms with van der Waals surface area (Å²) in [6.07, 6.45) is 2.74. The van der Waals surface area contributed by atoms with Crippen LogP contribution < -0.4 is 14.9 Å². The van der Waals surface area contributed by atoms with E-state index < -0.39 is 0 Å². The van der Waals surface area contributed by atoms with E-state index in [4.69, 9.17) is 9.47 Å². The molecule has 0 fully saturated rings. The molecule has 0 spiro atoms. The van der Waals surface area contributed by atoms with Crippen LogP contribution >= 0.6 is 0 Å². The van der Waals surface area contributed by atoms with Gasteiger partial charge in [0.25, 0.3) is 0 Å². The number of hydrogen-bond acceptors (Lipinski definition) is 5. The van der Waals surface area contributed by atoms with Gasteiger partial charge in [0.15, 0.2) is 11.5 Å². The number of benzene rings is 2. The Kier molecular flexibility index (Phi) is 5.21. The first kappa shape index (κ1) is 17.4. The van der Waals surface area contributed by atoms with Crippen molar-refractivity contribution in [3.8, 4) is 11.5 Å². The molecule has 27 heavy (non-hydrogen) atoms. The molecule has 5 nitrogen and oxygen atoms in total. The van der Waals surface area contributed by atoms with Crippen molar-refractivity contribution < 1.29 is 9.47 Å². The minimum absolute atomic E-state index is 0.531. The molecule has 0 radical (unpaired) electrons. The van der Waals surface area contributed by atoms with Crippen LogP contribution in [0.4, 0.5) is 5.82 Å². The Morgan fingerprint density at radius 2 is 1.81 bits per heavy atom. The highest BCUT2D eigenvalue weighted by atomic mass is 16.5. The lowest BCUT2D eigenvalue weighted by Crippen LogP contribution is -2.35. The summed E-state index contributed by atoms with van der Waals surface area (Å²) in [4.78, 5) is 4.33. The van der Waals surface area contributed by atoms with Crippen LogP contribution in [0.3, 0.4) is 0 Å². The molecule has 1 aromatic heterocycles. The Hall–Kier alpha value is -3.05. The summed E-state index contributed by atoms with van der Waals surface area (Å²) in [5.41, 5.74) is 7.06. The normalized spacial score (nSPS) is 13.7. The lowest BCUT2D eigenvalue weighted by Gasteiger charge is -2.30. The SMILES string of the molecule is COc1cc2c(cc1OCc1ccccc1)CCN(Nc1ccccn1)C2. The number of fused-ring (bicyclic) bond motifs is 1. The zero-order chi connectivity index (χ0) is 18.5. The Bertz CT molecular complexity index is 885. The number of anilines is 1. The van der Waals surface area contributed by atoms with Crippen LogP contribution in [0, 0.1) is 0 Å². The van der Waals surface area contributed by atoms with Gasteiger partial charge in [-0.3, -0.25) is 0 Å². The van der Waals surface area contributed by atoms with Crippen LogP contribution in [-0.4, -0.2) is 23.6 Å². The van der Waals surface area contributed by atoms with Gasteiger partial charge in [0, 0.05) is 19.3 Å². The number of methoxy groups -OCH3 is 1. The third-order valence-corrected chi connectivity index (χ3v) is 4.67. The topological polar surface area (TPSA) is 46.6 Å². The molecule has 2 heterocycles. The molecule has 0 saturated heterocycles. The lowest BCUT2D eigenvalue weighted by molar-refractivity contribution is 0.278. The molecule has 0 saturated carbocycles. The number of ether oxygens (including phenoxy) is 2. The fraction of sp³-hybridized carbons (Fsp3) is 0.227. The number of pyridine rings is 1. The summed E-state index contributed by atoms with van der Waals surface area (Å²) in [5, 5.41) is 2.18. The fourth-order valence-electron chi connectivity index (χ4n) is 3.26. The monoisotopic (exact) mass is 361 g/mol. The largest absolute Gasteiger partial charge is 0.493 e. The molecule has 4 rings (SSSR count). The molecule has 1 aliphatic rings. The van der Waals surface area contributed by atoms with Crippen molar-refractivity contribution in [2.75, 3.05) is 19.1 Å². The van der Waals surface area contributed by atoms with Gasteiger partial charge < -0.3 is 14.9 Å². The summed E-state index contributed by atoms with van der Waals surface area (Å²) >= 11 is 0. The summed E-state index contributed by atoms with van der Waals surface area (Å²) in [7, 11) is 1.68. The summed E-state index contributed by atoms with van der Waals surface area (Å²) in [6.45, 7) is 2.23. The van der Waals surface area contributed by atoms with E-state index in [1.165, 1.54) is 11.1 Å². The van der Waals surface area contributed by atoms with Gasteiger partial charge in [-0.2, -0.15) is 0 Å². The standard InChI is InChI=1S/C22H23N3O2/c1-26-20-14-19-15-25(24-22-9-5-6-11-23-22)12-10-18(19)13-21(20)27-16-17-7-3-2-4-8-17/h2-9,11,13-14H,10,12,15-16H2,1H3,(H,23,24). The number of aromatic nitrogens is 1. The van der Waals surface area contributed by atoms with E-state index in [-0.39, 0.29) is 0 Å². The minimum atomic E-state index is 0.531. The van der Waals surface area contributed by atoms with Crippen molar-refractivity contribution >= 4 is 5.82 Å². The van der Waals surface area contributed by atoms with E-state index in [1.54, 1.807) is 13.3 Å². The van der Waals surface area contributed by atoms with Crippen LogP contribution in [0.1, 0.15) is 16.7 Å². The number of nitrogens with one attached hydrogen (secondary N) is 1. The van der Waals surface area contributed by atoms with E-state index in [1.807, 2.05) is 36.4 Å². The van der Waals surface area contributed by atoms with Crippen molar-refractivity contribution in [2.24, 2.45) is 0 Å². The van der Waals surface area contributed by atoms with Gasteiger partial charge in [-0.25, -0.2) is 9.99 Å². The van der Waals surface area contributed by atoms with Crippen LogP contribution in [0.15, 0.2) is 66.9 Å². The van der Waals surface area contributed by atoms with E-state index >= 15 is 0 Å². The second kappa shape index (κ2) is 8.10. The lowest BCUT2D eigenvalue weighted by atomic mass is 10.00. The van der Waals surface area contributed by atoms with Gasteiger partial charge in [-0.05, 0) is 47.4 Å². The quantitative estimate of drug-likeness (QED) is 0.718. The van der Waals surface area contributed by atoms with E-state index in [9.17, 15) is 0 Å². The first-order chi connectivity index (χ1) is 13.3. The van der Waals surface area contributed by atoms with Crippen LogP contribution in [0.5, 0.6) is 11.5 Å². The van der Waals surface area contributed by atoms with E-state index in [2.05, 4.69) is 39.7 Å². The zero-order valence-electron chi connectivity index (χ0n) is 15.4. The number of hydrazine groups is 1. The maximum atomic E-state index is 6.04. The van der Waals surface area contributed by atoms with Gasteiger partial charge in [0.05, 0.1) is 7.11 Å². The molecular formula is C22H23N3O2. The van der Waals surface area contributed by atoms with Gasteiger partial charge >= 0.3 is 0 Å². The van der Waals surface area contributed by atoms with E-state index in [0.717, 1.165) is 42.4 Å². The summed E-state index contributed by atoms with van der Waals surface area (Å²) in [5.74, 6) is 2.42. The van der Waals surface area contributed by atoms with Crippen molar-refractivity contribution in [3.63, 3.8) is 0 Å². The average Bonchev–Trinajstić information content (AvgIpc) is 2.73. The Morgan fingerprint density at radius 1 is 1.00 bits per heavy atom. The molecule has 5 heteroatoms. The molecule has 0 bridgehead atoms. The molecule has 0 unspecified atom stereocenters. The number of nitrogens with zero attached hydrogens (tertiary/aromatic N) is 2. The maximum Gasteiger partial charge on any atom is 0.161 e. The second-order valence-electron chi connectivity index (χ2n) is 6.54. The van der Waals surface area contributed by atoms with Gasteiger partial charge in [0.1, 0.15) is 12.4 Å². The smallest absolute Gasteiger partial charge is 0.161 e. The highest BCUT2D eigenvalue weighted by Crippen LogP contribution is 2.34. The predicted molar refractivity (Wildman–Crippen MR) is 106 cm³/mol.